The Kier molecular flexibility index (Phi) is 6.49. The third-order valence-electron chi connectivity index (χ3n) is 5.94. The second kappa shape index (κ2) is 9.45. The summed E-state index contributed by atoms with van der Waals surface area (Å²) in [7, 11) is 0. The van der Waals surface area contributed by atoms with Gasteiger partial charge in [0.15, 0.2) is 0 Å². The van der Waals surface area contributed by atoms with Crippen molar-refractivity contribution in [2.45, 2.75) is 20.3 Å². The van der Waals surface area contributed by atoms with Crippen molar-refractivity contribution in [3.05, 3.63) is 69.5 Å². The Morgan fingerprint density at radius 3 is 2.55 bits per heavy atom. The van der Waals surface area contributed by atoms with E-state index in [1.165, 1.54) is 4.57 Å². The molecule has 2 aromatic carbocycles. The lowest BCUT2D eigenvalue weighted by Gasteiger charge is -2.26. The molecule has 1 aromatic heterocycles. The molecule has 6 nitrogen and oxygen atoms in total. The van der Waals surface area contributed by atoms with Crippen LogP contribution in [0.5, 0.6) is 5.88 Å². The molecule has 6 heteroatoms. The van der Waals surface area contributed by atoms with E-state index in [9.17, 15) is 9.90 Å². The van der Waals surface area contributed by atoms with Crippen LogP contribution in [0.15, 0.2) is 52.3 Å². The summed E-state index contributed by atoms with van der Waals surface area (Å²) in [6, 6.07) is 13.1. The Morgan fingerprint density at radius 2 is 1.81 bits per heavy atom. The number of nitrogens with zero attached hydrogens (tertiary/aromatic N) is 3. The molecule has 162 valence electrons. The molecule has 1 aliphatic rings. The van der Waals surface area contributed by atoms with Crippen molar-refractivity contribution < 1.29 is 9.84 Å². The van der Waals surface area contributed by atoms with Gasteiger partial charge in [0.25, 0.3) is 5.56 Å². The van der Waals surface area contributed by atoms with Gasteiger partial charge in [0, 0.05) is 43.2 Å². The van der Waals surface area contributed by atoms with Gasteiger partial charge in [0.05, 0.1) is 24.5 Å². The van der Waals surface area contributed by atoms with E-state index < -0.39 is 0 Å². The number of hydrogen-bond donors (Lipinski definition) is 1. The quantitative estimate of drug-likeness (QED) is 0.491. The van der Waals surface area contributed by atoms with Crippen LogP contribution in [0.1, 0.15) is 23.1 Å². The molecule has 0 saturated carbocycles. The first-order chi connectivity index (χ1) is 15.1. The second-order valence-corrected chi connectivity index (χ2v) is 8.03. The number of hydrogen-bond acceptors (Lipinski definition) is 5. The minimum Gasteiger partial charge on any atom is -0.494 e. The number of aliphatic imine (C=N–C) groups is 1. The zero-order valence-electron chi connectivity index (χ0n) is 18.2. The normalized spacial score (nSPS) is 15.2. The van der Waals surface area contributed by atoms with Crippen LogP contribution in [0.25, 0.3) is 16.5 Å². The van der Waals surface area contributed by atoms with Crippen molar-refractivity contribution >= 4 is 17.0 Å². The van der Waals surface area contributed by atoms with Gasteiger partial charge in [-0.3, -0.25) is 14.7 Å². The van der Waals surface area contributed by atoms with Gasteiger partial charge in [-0.2, -0.15) is 0 Å². The van der Waals surface area contributed by atoms with Gasteiger partial charge in [0.1, 0.15) is 0 Å². The first-order valence-corrected chi connectivity index (χ1v) is 10.8. The van der Waals surface area contributed by atoms with Crippen LogP contribution in [0.2, 0.25) is 0 Å². The largest absolute Gasteiger partial charge is 0.494 e. The third kappa shape index (κ3) is 4.55. The zero-order valence-corrected chi connectivity index (χ0v) is 18.2. The van der Waals surface area contributed by atoms with Crippen LogP contribution in [0.4, 0.5) is 0 Å². The molecule has 2 heterocycles. The molecule has 0 aliphatic carbocycles. The maximum atomic E-state index is 13.2. The predicted octanol–water partition coefficient (Wildman–Crippen LogP) is 3.45. The smallest absolute Gasteiger partial charge is 0.265 e. The number of fused-ring (bicyclic) bond motifs is 1. The summed E-state index contributed by atoms with van der Waals surface area (Å²) in [5.74, 6) is -0.0797. The molecular weight excluding hydrogens is 390 g/mol. The summed E-state index contributed by atoms with van der Waals surface area (Å²) in [5.41, 5.74) is 3.19. The molecule has 0 unspecified atom stereocenters. The summed E-state index contributed by atoms with van der Waals surface area (Å²) in [5, 5.41) is 12.4. The molecule has 4 rings (SSSR count). The van der Waals surface area contributed by atoms with Crippen molar-refractivity contribution in [2.24, 2.45) is 4.99 Å². The van der Waals surface area contributed by atoms with Crippen LogP contribution in [-0.4, -0.2) is 60.2 Å². The Bertz CT molecular complexity index is 1160. The van der Waals surface area contributed by atoms with Gasteiger partial charge in [-0.25, -0.2) is 4.57 Å². The summed E-state index contributed by atoms with van der Waals surface area (Å²) in [6.07, 6.45) is 2.64. The van der Waals surface area contributed by atoms with Crippen molar-refractivity contribution in [1.29, 1.82) is 0 Å². The highest BCUT2D eigenvalue weighted by atomic mass is 16.5. The van der Waals surface area contributed by atoms with Crippen molar-refractivity contribution in [2.75, 3.05) is 39.4 Å². The number of aromatic hydroxyl groups is 1. The van der Waals surface area contributed by atoms with Crippen molar-refractivity contribution in [3.8, 4) is 11.6 Å². The SMILES string of the molecule is Cc1ccc(-n2c(O)c(C=NCCCN3CCOCC3)c3ccccc3c2=O)cc1C. The topological polar surface area (TPSA) is 67.1 Å². The first-order valence-electron chi connectivity index (χ1n) is 10.8. The average Bonchev–Trinajstić information content (AvgIpc) is 2.79. The molecule has 3 aromatic rings. The number of benzene rings is 2. The second-order valence-electron chi connectivity index (χ2n) is 8.03. The molecule has 0 atom stereocenters. The van der Waals surface area contributed by atoms with Crippen LogP contribution >= 0.6 is 0 Å². The number of pyridine rings is 1. The minimum atomic E-state index is -0.235. The van der Waals surface area contributed by atoms with Crippen molar-refractivity contribution in [1.82, 2.24) is 9.47 Å². The summed E-state index contributed by atoms with van der Waals surface area (Å²) < 4.78 is 6.76. The molecule has 1 fully saturated rings. The maximum absolute atomic E-state index is 13.2. The fourth-order valence-corrected chi connectivity index (χ4v) is 3.96. The Morgan fingerprint density at radius 1 is 1.06 bits per heavy atom. The van der Waals surface area contributed by atoms with E-state index in [1.54, 1.807) is 12.3 Å². The number of ether oxygens (including phenoxy) is 1. The van der Waals surface area contributed by atoms with Gasteiger partial charge >= 0.3 is 0 Å². The predicted molar refractivity (Wildman–Crippen MR) is 125 cm³/mol. The van der Waals surface area contributed by atoms with E-state index in [1.807, 2.05) is 50.2 Å². The van der Waals surface area contributed by atoms with E-state index in [4.69, 9.17) is 4.74 Å². The van der Waals surface area contributed by atoms with Crippen LogP contribution in [0.3, 0.4) is 0 Å². The van der Waals surface area contributed by atoms with Crippen LogP contribution < -0.4 is 5.56 Å². The van der Waals surface area contributed by atoms with Crippen molar-refractivity contribution in [3.63, 3.8) is 0 Å². The third-order valence-corrected chi connectivity index (χ3v) is 5.94. The Hall–Kier alpha value is -2.96. The number of rotatable bonds is 6. The highest BCUT2D eigenvalue weighted by Gasteiger charge is 2.16. The van der Waals surface area contributed by atoms with E-state index in [-0.39, 0.29) is 11.4 Å². The van der Waals surface area contributed by atoms with Gasteiger partial charge in [-0.1, -0.05) is 24.3 Å². The zero-order chi connectivity index (χ0) is 21.8. The number of aryl methyl sites for hydroxylation is 2. The molecule has 1 aliphatic heterocycles. The number of aromatic nitrogens is 1. The van der Waals surface area contributed by atoms with E-state index in [2.05, 4.69) is 9.89 Å². The summed E-state index contributed by atoms with van der Waals surface area (Å²) in [6.45, 7) is 9.19. The molecule has 0 bridgehead atoms. The van der Waals surface area contributed by atoms with E-state index in [0.717, 1.165) is 50.4 Å². The summed E-state index contributed by atoms with van der Waals surface area (Å²) in [4.78, 5) is 20.1. The molecule has 0 radical (unpaired) electrons. The number of morpholine rings is 1. The maximum Gasteiger partial charge on any atom is 0.265 e. The molecule has 0 spiro atoms. The standard InChI is InChI=1S/C25H29N3O3/c1-18-8-9-20(16-19(18)2)28-24(29)22-7-4-3-6-21(22)23(25(28)30)17-26-10-5-11-27-12-14-31-15-13-27/h3-4,6-9,16-17,30H,5,10-15H2,1-2H3. The van der Waals surface area contributed by atoms with Gasteiger partial charge in [-0.15, -0.1) is 0 Å². The molecule has 31 heavy (non-hydrogen) atoms. The van der Waals surface area contributed by atoms with Gasteiger partial charge in [0.2, 0.25) is 5.88 Å². The Balaban J connectivity index is 1.65. The Labute approximate surface area is 182 Å². The van der Waals surface area contributed by atoms with Gasteiger partial charge < -0.3 is 9.84 Å². The highest BCUT2D eigenvalue weighted by molar-refractivity contribution is 6.01. The lowest BCUT2D eigenvalue weighted by Crippen LogP contribution is -2.37. The highest BCUT2D eigenvalue weighted by Crippen LogP contribution is 2.26. The van der Waals surface area contributed by atoms with Crippen LogP contribution in [-0.2, 0) is 4.74 Å². The van der Waals surface area contributed by atoms with Crippen LogP contribution in [0, 0.1) is 13.8 Å². The molecule has 1 saturated heterocycles. The summed E-state index contributed by atoms with van der Waals surface area (Å²) >= 11 is 0. The van der Waals surface area contributed by atoms with E-state index >= 15 is 0 Å². The fourth-order valence-electron chi connectivity index (χ4n) is 3.96. The first kappa shape index (κ1) is 21.3. The molecule has 0 amide bonds. The molecule has 1 N–H and O–H groups in total. The minimum absolute atomic E-state index is 0.0797. The molecular formula is C25H29N3O3. The van der Waals surface area contributed by atoms with Gasteiger partial charge in [-0.05, 0) is 49.6 Å². The lowest BCUT2D eigenvalue weighted by atomic mass is 10.1. The monoisotopic (exact) mass is 419 g/mol. The average molecular weight is 420 g/mol. The fraction of sp³-hybridized carbons (Fsp3) is 0.360. The van der Waals surface area contributed by atoms with E-state index in [0.29, 0.717) is 28.6 Å². The lowest BCUT2D eigenvalue weighted by molar-refractivity contribution is 0.0377.